The molecule has 19 heavy (non-hydrogen) atoms. The molecular formula is C15H18N2O2. The second-order valence-electron chi connectivity index (χ2n) is 5.03. The van der Waals surface area contributed by atoms with E-state index in [1.165, 1.54) is 0 Å². The number of benzene rings is 1. The highest BCUT2D eigenvalue weighted by Crippen LogP contribution is 2.36. The van der Waals surface area contributed by atoms with Crippen molar-refractivity contribution in [2.45, 2.75) is 24.9 Å². The smallest absolute Gasteiger partial charge is 0.122 e. The van der Waals surface area contributed by atoms with E-state index in [1.54, 1.807) is 4.68 Å². The molecule has 1 N–H and O–H groups in total. The van der Waals surface area contributed by atoms with Crippen LogP contribution in [-0.2, 0) is 13.5 Å². The van der Waals surface area contributed by atoms with Gasteiger partial charge in [0.2, 0.25) is 0 Å². The van der Waals surface area contributed by atoms with Gasteiger partial charge in [0.15, 0.2) is 0 Å². The molecule has 1 aliphatic heterocycles. The third-order valence-electron chi connectivity index (χ3n) is 3.66. The molecule has 0 amide bonds. The molecule has 0 saturated carbocycles. The van der Waals surface area contributed by atoms with Gasteiger partial charge in [-0.15, -0.1) is 0 Å². The van der Waals surface area contributed by atoms with Crippen LogP contribution in [0.15, 0.2) is 36.5 Å². The maximum absolute atomic E-state index is 10.5. The quantitative estimate of drug-likeness (QED) is 0.914. The fourth-order valence-corrected chi connectivity index (χ4v) is 2.70. The molecular weight excluding hydrogens is 240 g/mol. The molecule has 0 fully saturated rings. The molecule has 2 aromatic rings. The van der Waals surface area contributed by atoms with Crippen molar-refractivity contribution in [1.29, 1.82) is 0 Å². The van der Waals surface area contributed by atoms with Crippen molar-refractivity contribution in [2.24, 2.45) is 7.05 Å². The van der Waals surface area contributed by atoms with Crippen molar-refractivity contribution in [3.05, 3.63) is 47.8 Å². The minimum Gasteiger partial charge on any atom is -0.493 e. The Morgan fingerprint density at radius 2 is 2.26 bits per heavy atom. The summed E-state index contributed by atoms with van der Waals surface area (Å²) in [7, 11) is 1.89. The Bertz CT molecular complexity index is 565. The number of hydrogen-bond acceptors (Lipinski definition) is 3. The maximum atomic E-state index is 10.5. The second-order valence-corrected chi connectivity index (χ2v) is 5.03. The number of para-hydroxylation sites is 1. The molecule has 2 unspecified atom stereocenters. The molecule has 4 nitrogen and oxygen atoms in total. The van der Waals surface area contributed by atoms with Crippen LogP contribution in [0, 0.1) is 0 Å². The Morgan fingerprint density at radius 3 is 3.05 bits per heavy atom. The molecule has 1 aliphatic rings. The predicted octanol–water partition coefficient (Wildman–Crippen LogP) is 1.89. The van der Waals surface area contributed by atoms with Gasteiger partial charge in [0.05, 0.1) is 18.4 Å². The summed E-state index contributed by atoms with van der Waals surface area (Å²) < 4.78 is 7.39. The normalized spacial score (nSPS) is 19.6. The predicted molar refractivity (Wildman–Crippen MR) is 72.2 cm³/mol. The van der Waals surface area contributed by atoms with Gasteiger partial charge in [-0.3, -0.25) is 4.68 Å². The number of rotatable bonds is 3. The van der Waals surface area contributed by atoms with Crippen LogP contribution in [0.4, 0.5) is 0 Å². The number of hydrogen-bond donors (Lipinski definition) is 1. The van der Waals surface area contributed by atoms with Crippen molar-refractivity contribution in [2.75, 3.05) is 6.61 Å². The lowest BCUT2D eigenvalue weighted by molar-refractivity contribution is 0.115. The topological polar surface area (TPSA) is 47.3 Å². The zero-order valence-corrected chi connectivity index (χ0v) is 11.0. The summed E-state index contributed by atoms with van der Waals surface area (Å²) in [5.74, 6) is 1.03. The van der Waals surface area contributed by atoms with Crippen LogP contribution in [0.3, 0.4) is 0 Å². The average molecular weight is 258 g/mol. The monoisotopic (exact) mass is 258 g/mol. The summed E-state index contributed by atoms with van der Waals surface area (Å²) in [5, 5.41) is 14.8. The molecule has 1 aromatic heterocycles. The highest BCUT2D eigenvalue weighted by molar-refractivity contribution is 5.38. The zero-order valence-electron chi connectivity index (χ0n) is 11.0. The molecule has 2 heterocycles. The van der Waals surface area contributed by atoms with Crippen LogP contribution in [0.25, 0.3) is 0 Å². The summed E-state index contributed by atoms with van der Waals surface area (Å²) in [5.41, 5.74) is 2.04. The zero-order chi connectivity index (χ0) is 13.2. The van der Waals surface area contributed by atoms with Gasteiger partial charge in [0.25, 0.3) is 0 Å². The number of fused-ring (bicyclic) bond motifs is 1. The van der Waals surface area contributed by atoms with E-state index in [4.69, 9.17) is 4.74 Å². The molecule has 2 atom stereocenters. The molecule has 0 radical (unpaired) electrons. The number of ether oxygens (including phenoxy) is 1. The number of aromatic nitrogens is 2. The van der Waals surface area contributed by atoms with E-state index >= 15 is 0 Å². The SMILES string of the molecule is Cn1ccc(CC(O)C2CCOc3ccccc32)n1. The van der Waals surface area contributed by atoms with Gasteiger partial charge in [-0.05, 0) is 24.1 Å². The van der Waals surface area contributed by atoms with E-state index in [1.807, 2.05) is 43.6 Å². The van der Waals surface area contributed by atoms with E-state index in [2.05, 4.69) is 5.10 Å². The third kappa shape index (κ3) is 2.49. The number of aryl methyl sites for hydroxylation is 1. The summed E-state index contributed by atoms with van der Waals surface area (Å²) in [6, 6.07) is 9.92. The van der Waals surface area contributed by atoms with Gasteiger partial charge in [0, 0.05) is 25.6 Å². The van der Waals surface area contributed by atoms with Gasteiger partial charge in [-0.1, -0.05) is 18.2 Å². The first-order chi connectivity index (χ1) is 9.24. The van der Waals surface area contributed by atoms with Crippen LogP contribution >= 0.6 is 0 Å². The van der Waals surface area contributed by atoms with Gasteiger partial charge >= 0.3 is 0 Å². The summed E-state index contributed by atoms with van der Waals surface area (Å²) in [6.07, 6.45) is 2.92. The molecule has 100 valence electrons. The van der Waals surface area contributed by atoms with Crippen LogP contribution in [-0.4, -0.2) is 27.6 Å². The highest BCUT2D eigenvalue weighted by Gasteiger charge is 2.27. The Kier molecular flexibility index (Phi) is 3.25. The third-order valence-corrected chi connectivity index (χ3v) is 3.66. The maximum Gasteiger partial charge on any atom is 0.122 e. The summed E-state index contributed by atoms with van der Waals surface area (Å²) >= 11 is 0. The first kappa shape index (κ1) is 12.2. The Hall–Kier alpha value is -1.81. The van der Waals surface area contributed by atoms with Crippen LogP contribution < -0.4 is 4.74 Å². The van der Waals surface area contributed by atoms with Crippen molar-refractivity contribution >= 4 is 0 Å². The van der Waals surface area contributed by atoms with E-state index in [0.717, 1.165) is 23.4 Å². The molecule has 0 bridgehead atoms. The van der Waals surface area contributed by atoms with Gasteiger partial charge in [-0.25, -0.2) is 0 Å². The van der Waals surface area contributed by atoms with Gasteiger partial charge in [-0.2, -0.15) is 5.10 Å². The lowest BCUT2D eigenvalue weighted by atomic mass is 9.86. The van der Waals surface area contributed by atoms with E-state index in [9.17, 15) is 5.11 Å². The first-order valence-corrected chi connectivity index (χ1v) is 6.62. The second kappa shape index (κ2) is 5.05. The molecule has 0 saturated heterocycles. The Morgan fingerprint density at radius 1 is 1.42 bits per heavy atom. The van der Waals surface area contributed by atoms with Crippen molar-refractivity contribution in [3.63, 3.8) is 0 Å². The lowest BCUT2D eigenvalue weighted by Crippen LogP contribution is -2.26. The summed E-state index contributed by atoms with van der Waals surface area (Å²) in [6.45, 7) is 0.668. The highest BCUT2D eigenvalue weighted by atomic mass is 16.5. The molecule has 0 spiro atoms. The Balaban J connectivity index is 1.79. The van der Waals surface area contributed by atoms with Gasteiger partial charge < -0.3 is 9.84 Å². The standard InChI is InChI=1S/C15H18N2O2/c1-17-8-6-11(16-17)10-14(18)12-7-9-19-15-5-3-2-4-13(12)15/h2-6,8,12,14,18H,7,9-10H2,1H3. The van der Waals surface area contributed by atoms with E-state index in [0.29, 0.717) is 13.0 Å². The average Bonchev–Trinajstić information content (AvgIpc) is 2.83. The fraction of sp³-hybridized carbons (Fsp3) is 0.400. The van der Waals surface area contributed by atoms with Crippen LogP contribution in [0.2, 0.25) is 0 Å². The minimum atomic E-state index is -0.417. The Labute approximate surface area is 112 Å². The fourth-order valence-electron chi connectivity index (χ4n) is 2.70. The molecule has 1 aromatic carbocycles. The van der Waals surface area contributed by atoms with Crippen LogP contribution in [0.1, 0.15) is 23.6 Å². The van der Waals surface area contributed by atoms with Crippen molar-refractivity contribution < 1.29 is 9.84 Å². The minimum absolute atomic E-state index is 0.131. The van der Waals surface area contributed by atoms with Crippen molar-refractivity contribution in [1.82, 2.24) is 9.78 Å². The largest absolute Gasteiger partial charge is 0.493 e. The van der Waals surface area contributed by atoms with Gasteiger partial charge in [0.1, 0.15) is 5.75 Å². The molecule has 0 aliphatic carbocycles. The van der Waals surface area contributed by atoms with E-state index in [-0.39, 0.29) is 5.92 Å². The lowest BCUT2D eigenvalue weighted by Gasteiger charge is -2.29. The molecule has 4 heteroatoms. The number of aliphatic hydroxyl groups excluding tert-OH is 1. The van der Waals surface area contributed by atoms with Crippen LogP contribution in [0.5, 0.6) is 5.75 Å². The summed E-state index contributed by atoms with van der Waals surface area (Å²) in [4.78, 5) is 0. The molecule has 3 rings (SSSR count). The van der Waals surface area contributed by atoms with Crippen molar-refractivity contribution in [3.8, 4) is 5.75 Å². The number of aliphatic hydroxyl groups is 1. The first-order valence-electron chi connectivity index (χ1n) is 6.62. The number of nitrogens with zero attached hydrogens (tertiary/aromatic N) is 2. The van der Waals surface area contributed by atoms with E-state index < -0.39 is 6.10 Å².